The number of aromatic nitrogens is 1. The molecular weight excluding hydrogens is 474 g/mol. The molecule has 1 atom stereocenters. The second-order valence-electron chi connectivity index (χ2n) is 7.86. The zero-order chi connectivity index (χ0) is 25.3. The average Bonchev–Trinajstić information content (AvgIpc) is 2.80. The number of morpholine rings is 1. The highest BCUT2D eigenvalue weighted by molar-refractivity contribution is 5.94. The first kappa shape index (κ1) is 24.2. The van der Waals surface area contributed by atoms with E-state index in [0.29, 0.717) is 25.0 Å². The monoisotopic (exact) mass is 493 g/mol. The third kappa shape index (κ3) is 4.56. The highest BCUT2D eigenvalue weighted by Gasteiger charge is 2.29. The lowest BCUT2D eigenvalue weighted by Gasteiger charge is -2.35. The Morgan fingerprint density at radius 2 is 1.97 bits per heavy atom. The number of anilines is 1. The van der Waals surface area contributed by atoms with E-state index in [0.717, 1.165) is 22.9 Å². The maximum atomic E-state index is 15.9. The summed E-state index contributed by atoms with van der Waals surface area (Å²) in [6.07, 6.45) is 1.15. The zero-order valence-corrected chi connectivity index (χ0v) is 18.1. The number of halogens is 4. The first-order valence-electron chi connectivity index (χ1n) is 10.5. The van der Waals surface area contributed by atoms with Gasteiger partial charge in [0.05, 0.1) is 29.3 Å². The van der Waals surface area contributed by atoms with Crippen LogP contribution < -0.4 is 15.6 Å². The quantitative estimate of drug-likeness (QED) is 0.298. The van der Waals surface area contributed by atoms with Crippen molar-refractivity contribution in [3.8, 4) is 5.69 Å². The maximum absolute atomic E-state index is 15.9. The van der Waals surface area contributed by atoms with E-state index in [9.17, 15) is 28.3 Å². The molecule has 1 aromatic heterocycles. The second kappa shape index (κ2) is 9.74. The Hall–Kier alpha value is -3.93. The van der Waals surface area contributed by atoms with E-state index in [4.69, 9.17) is 4.74 Å². The third-order valence-corrected chi connectivity index (χ3v) is 5.71. The number of pyridine rings is 1. The standard InChI is InChI=1S/C23H19F4N3O5/c24-12-1-2-18(16(25)7-12)30-10-15(23(33)34)22(32)14-8-17(26)21(19(27)20(14)30)29-5-6-35-13(9-29)3-4-28-11-31/h1-2,7-8,10-11,13H,3-6,9H2,(H,28,31)(H,33,34). The van der Waals surface area contributed by atoms with Gasteiger partial charge < -0.3 is 24.6 Å². The minimum atomic E-state index is -1.68. The molecule has 4 rings (SSSR count). The molecule has 0 radical (unpaired) electrons. The van der Waals surface area contributed by atoms with Crippen LogP contribution in [0.25, 0.3) is 16.6 Å². The van der Waals surface area contributed by atoms with Gasteiger partial charge in [-0.3, -0.25) is 9.59 Å². The SMILES string of the molecule is O=CNCCC1CN(c2c(F)cc3c(=O)c(C(=O)O)cn(-c4ccc(F)cc4F)c3c2F)CCO1. The van der Waals surface area contributed by atoms with Crippen molar-refractivity contribution in [3.05, 3.63) is 69.5 Å². The molecule has 8 nitrogen and oxygen atoms in total. The molecule has 1 fully saturated rings. The Labute approximate surface area is 195 Å². The lowest BCUT2D eigenvalue weighted by atomic mass is 10.1. The molecule has 0 spiro atoms. The number of carboxylic acids is 1. The van der Waals surface area contributed by atoms with Crippen LogP contribution in [0.2, 0.25) is 0 Å². The summed E-state index contributed by atoms with van der Waals surface area (Å²) in [5, 5.41) is 11.3. The minimum absolute atomic E-state index is 0.0578. The summed E-state index contributed by atoms with van der Waals surface area (Å²) in [5.41, 5.74) is -3.51. The van der Waals surface area contributed by atoms with Gasteiger partial charge in [-0.2, -0.15) is 0 Å². The number of benzene rings is 2. The summed E-state index contributed by atoms with van der Waals surface area (Å²) >= 11 is 0. The summed E-state index contributed by atoms with van der Waals surface area (Å²) in [4.78, 5) is 36.2. The number of amides is 1. The van der Waals surface area contributed by atoms with Gasteiger partial charge in [0.15, 0.2) is 5.82 Å². The van der Waals surface area contributed by atoms with Gasteiger partial charge in [0.25, 0.3) is 0 Å². The minimum Gasteiger partial charge on any atom is -0.477 e. The van der Waals surface area contributed by atoms with Crippen LogP contribution in [-0.4, -0.2) is 54.4 Å². The number of carbonyl (C=O) groups excluding carboxylic acids is 1. The number of hydrogen-bond donors (Lipinski definition) is 2. The van der Waals surface area contributed by atoms with Crippen LogP contribution in [-0.2, 0) is 9.53 Å². The topological polar surface area (TPSA) is 101 Å². The molecule has 3 aromatic rings. The largest absolute Gasteiger partial charge is 0.477 e. The average molecular weight is 493 g/mol. The summed E-state index contributed by atoms with van der Waals surface area (Å²) in [6, 6.07) is 3.05. The van der Waals surface area contributed by atoms with Gasteiger partial charge in [-0.05, 0) is 24.6 Å². The summed E-state index contributed by atoms with van der Waals surface area (Å²) in [6.45, 7) is 0.563. The van der Waals surface area contributed by atoms with Crippen molar-refractivity contribution in [2.75, 3.05) is 31.1 Å². The molecule has 1 aliphatic rings. The number of ether oxygens (including phenoxy) is 1. The highest BCUT2D eigenvalue weighted by atomic mass is 19.1. The number of nitrogens with zero attached hydrogens (tertiary/aromatic N) is 2. The predicted molar refractivity (Wildman–Crippen MR) is 117 cm³/mol. The van der Waals surface area contributed by atoms with Crippen molar-refractivity contribution < 1.29 is 37.0 Å². The van der Waals surface area contributed by atoms with Crippen molar-refractivity contribution in [3.63, 3.8) is 0 Å². The molecule has 1 aliphatic heterocycles. The van der Waals surface area contributed by atoms with Gasteiger partial charge >= 0.3 is 5.97 Å². The lowest BCUT2D eigenvalue weighted by molar-refractivity contribution is -0.109. The number of rotatable bonds is 7. The Balaban J connectivity index is 1.92. The number of carbonyl (C=O) groups is 2. The normalized spacial score (nSPS) is 15.9. The Kier molecular flexibility index (Phi) is 6.74. The van der Waals surface area contributed by atoms with E-state index in [1.54, 1.807) is 0 Å². The number of hydrogen-bond acceptors (Lipinski definition) is 5. The Morgan fingerprint density at radius 3 is 2.66 bits per heavy atom. The fourth-order valence-electron chi connectivity index (χ4n) is 4.11. The van der Waals surface area contributed by atoms with Crippen LogP contribution in [0.3, 0.4) is 0 Å². The van der Waals surface area contributed by atoms with E-state index in [1.807, 2.05) is 0 Å². The molecule has 1 unspecified atom stereocenters. The van der Waals surface area contributed by atoms with Crippen molar-refractivity contribution in [1.29, 1.82) is 0 Å². The van der Waals surface area contributed by atoms with Crippen LogP contribution in [0, 0.1) is 23.3 Å². The number of aromatic carboxylic acids is 1. The van der Waals surface area contributed by atoms with E-state index in [-0.39, 0.29) is 26.2 Å². The molecule has 184 valence electrons. The van der Waals surface area contributed by atoms with Gasteiger partial charge in [-0.25, -0.2) is 22.4 Å². The zero-order valence-electron chi connectivity index (χ0n) is 18.1. The highest BCUT2D eigenvalue weighted by Crippen LogP contribution is 2.33. The molecule has 0 bridgehead atoms. The summed E-state index contributed by atoms with van der Waals surface area (Å²) < 4.78 is 65.5. The maximum Gasteiger partial charge on any atom is 0.341 e. The molecule has 1 amide bonds. The number of nitrogens with one attached hydrogen (secondary N) is 1. The second-order valence-corrected chi connectivity index (χ2v) is 7.86. The van der Waals surface area contributed by atoms with Crippen LogP contribution in [0.15, 0.2) is 35.3 Å². The van der Waals surface area contributed by atoms with E-state index >= 15 is 8.78 Å². The van der Waals surface area contributed by atoms with E-state index < -0.39 is 68.6 Å². The number of fused-ring (bicyclic) bond motifs is 1. The Morgan fingerprint density at radius 1 is 1.20 bits per heavy atom. The molecule has 2 heterocycles. The van der Waals surface area contributed by atoms with Crippen molar-refractivity contribution in [2.24, 2.45) is 0 Å². The predicted octanol–water partition coefficient (Wildman–Crippen LogP) is 2.59. The molecule has 0 aliphatic carbocycles. The van der Waals surface area contributed by atoms with Gasteiger partial charge in [-0.1, -0.05) is 0 Å². The molecular formula is C23H19F4N3O5. The number of carboxylic acid groups (broad SMARTS) is 1. The molecule has 0 saturated carbocycles. The molecule has 12 heteroatoms. The van der Waals surface area contributed by atoms with Crippen molar-refractivity contribution >= 4 is 29.0 Å². The van der Waals surface area contributed by atoms with Gasteiger partial charge in [0.2, 0.25) is 11.8 Å². The molecule has 35 heavy (non-hydrogen) atoms. The van der Waals surface area contributed by atoms with Crippen molar-refractivity contribution in [1.82, 2.24) is 9.88 Å². The van der Waals surface area contributed by atoms with Gasteiger partial charge in [-0.15, -0.1) is 0 Å². The lowest BCUT2D eigenvalue weighted by Crippen LogP contribution is -2.44. The molecule has 2 aromatic carbocycles. The summed E-state index contributed by atoms with van der Waals surface area (Å²) in [5.74, 6) is -6.09. The van der Waals surface area contributed by atoms with E-state index in [1.165, 1.54) is 4.90 Å². The first-order valence-corrected chi connectivity index (χ1v) is 10.5. The smallest absolute Gasteiger partial charge is 0.341 e. The van der Waals surface area contributed by atoms with Gasteiger partial charge in [0.1, 0.15) is 28.7 Å². The first-order chi connectivity index (χ1) is 16.7. The van der Waals surface area contributed by atoms with Gasteiger partial charge in [0, 0.05) is 31.9 Å². The van der Waals surface area contributed by atoms with Crippen LogP contribution >= 0.6 is 0 Å². The summed E-state index contributed by atoms with van der Waals surface area (Å²) in [7, 11) is 0. The third-order valence-electron chi connectivity index (χ3n) is 5.71. The Bertz CT molecular complexity index is 1380. The fourth-order valence-corrected chi connectivity index (χ4v) is 4.11. The van der Waals surface area contributed by atoms with Crippen LogP contribution in [0.5, 0.6) is 0 Å². The fraction of sp³-hybridized carbons (Fsp3) is 0.261. The molecule has 2 N–H and O–H groups in total. The van der Waals surface area contributed by atoms with Crippen LogP contribution in [0.4, 0.5) is 23.2 Å². The van der Waals surface area contributed by atoms with Crippen LogP contribution in [0.1, 0.15) is 16.8 Å². The van der Waals surface area contributed by atoms with E-state index in [2.05, 4.69) is 5.32 Å². The molecule has 1 saturated heterocycles. The van der Waals surface area contributed by atoms with Crippen molar-refractivity contribution in [2.45, 2.75) is 12.5 Å².